The van der Waals surface area contributed by atoms with Crippen LogP contribution in [0.2, 0.25) is 0 Å². The smallest absolute Gasteiger partial charge is 0.251 e. The number of nitrogens with one attached hydrogen (secondary N) is 1. The molecule has 0 aliphatic heterocycles. The Balaban J connectivity index is 1.77. The van der Waals surface area contributed by atoms with Crippen LogP contribution in [0.1, 0.15) is 28.9 Å². The van der Waals surface area contributed by atoms with Crippen LogP contribution in [0, 0.1) is 5.95 Å². The molecule has 0 aliphatic rings. The van der Waals surface area contributed by atoms with Gasteiger partial charge in [-0.1, -0.05) is 12.1 Å². The first-order chi connectivity index (χ1) is 11.1. The van der Waals surface area contributed by atoms with Crippen molar-refractivity contribution in [3.05, 3.63) is 78.4 Å². The highest BCUT2D eigenvalue weighted by molar-refractivity contribution is 5.94. The van der Waals surface area contributed by atoms with Crippen molar-refractivity contribution in [3.63, 3.8) is 0 Å². The summed E-state index contributed by atoms with van der Waals surface area (Å²) in [4.78, 5) is 19.6. The molecule has 0 aliphatic carbocycles. The summed E-state index contributed by atoms with van der Waals surface area (Å²) in [5.41, 5.74) is 2.14. The van der Waals surface area contributed by atoms with Crippen LogP contribution in [-0.2, 0) is 0 Å². The summed E-state index contributed by atoms with van der Waals surface area (Å²) in [5.74, 6) is -1.01. The second-order valence-electron chi connectivity index (χ2n) is 5.13. The highest BCUT2D eigenvalue weighted by Crippen LogP contribution is 2.17. The lowest BCUT2D eigenvalue weighted by molar-refractivity contribution is 0.0939. The summed E-state index contributed by atoms with van der Waals surface area (Å²) in [6.45, 7) is 1.88. The van der Waals surface area contributed by atoms with Crippen LogP contribution in [0.5, 0.6) is 0 Å². The number of benzene rings is 1. The molecule has 3 rings (SSSR count). The first-order valence-electron chi connectivity index (χ1n) is 7.14. The second-order valence-corrected chi connectivity index (χ2v) is 5.13. The molecule has 0 bridgehead atoms. The van der Waals surface area contributed by atoms with Crippen molar-refractivity contribution in [2.45, 2.75) is 13.0 Å². The van der Waals surface area contributed by atoms with Gasteiger partial charge in [0.05, 0.1) is 12.4 Å². The molecule has 116 valence electrons. The molecule has 23 heavy (non-hydrogen) atoms. The van der Waals surface area contributed by atoms with Crippen LogP contribution in [0.3, 0.4) is 0 Å². The van der Waals surface area contributed by atoms with Gasteiger partial charge in [0.2, 0.25) is 5.95 Å². The zero-order valence-electron chi connectivity index (χ0n) is 12.5. The molecule has 1 atom stereocenters. The predicted molar refractivity (Wildman–Crippen MR) is 83.6 cm³/mol. The van der Waals surface area contributed by atoms with Gasteiger partial charge < -0.3 is 9.88 Å². The Hall–Kier alpha value is -3.02. The maximum Gasteiger partial charge on any atom is 0.251 e. The third-order valence-corrected chi connectivity index (χ3v) is 3.51. The molecule has 6 heteroatoms. The zero-order chi connectivity index (χ0) is 16.2. The Morgan fingerprint density at radius 2 is 2.13 bits per heavy atom. The second kappa shape index (κ2) is 6.39. The van der Waals surface area contributed by atoms with Gasteiger partial charge in [-0.2, -0.15) is 4.39 Å². The van der Waals surface area contributed by atoms with Crippen LogP contribution in [0.25, 0.3) is 5.69 Å². The van der Waals surface area contributed by atoms with Gasteiger partial charge >= 0.3 is 0 Å². The lowest BCUT2D eigenvalue weighted by Gasteiger charge is -2.15. The summed E-state index contributed by atoms with van der Waals surface area (Å²) >= 11 is 0. The minimum Gasteiger partial charge on any atom is -0.346 e. The minimum atomic E-state index is -0.674. The molecule has 1 amide bonds. The Bertz CT molecular complexity index is 817. The lowest BCUT2D eigenvalue weighted by Crippen LogP contribution is -2.26. The molecular weight excluding hydrogens is 295 g/mol. The predicted octanol–water partition coefficient (Wildman–Crippen LogP) is 2.90. The first-order valence-corrected chi connectivity index (χ1v) is 7.14. The molecule has 0 spiro atoms. The molecule has 1 N–H and O–H groups in total. The minimum absolute atomic E-state index is 0.220. The van der Waals surface area contributed by atoms with Crippen molar-refractivity contribution in [1.29, 1.82) is 0 Å². The average Bonchev–Trinajstić information content (AvgIpc) is 3.09. The molecule has 0 fully saturated rings. The van der Waals surface area contributed by atoms with Gasteiger partial charge in [-0.05, 0) is 30.7 Å². The maximum absolute atomic E-state index is 13.1. The number of halogens is 1. The van der Waals surface area contributed by atoms with Gasteiger partial charge in [0, 0.05) is 35.9 Å². The number of imidazole rings is 1. The molecule has 5 nitrogen and oxygen atoms in total. The standard InChI is InChI=1S/C17H15FN4O/c1-12(21-17(23)14-5-6-20-16(18)10-14)13-3-2-4-15(9-13)22-8-7-19-11-22/h2-12H,1H3,(H,21,23)/t12-/m1/s1. The van der Waals surface area contributed by atoms with E-state index < -0.39 is 5.95 Å². The maximum atomic E-state index is 13.1. The molecule has 0 radical (unpaired) electrons. The van der Waals surface area contributed by atoms with Gasteiger partial charge in [-0.15, -0.1) is 0 Å². The molecule has 0 unspecified atom stereocenters. The number of rotatable bonds is 4. The molecule has 2 heterocycles. The SMILES string of the molecule is C[C@@H](NC(=O)c1ccnc(F)c1)c1cccc(-n2ccnc2)c1. The Labute approximate surface area is 132 Å². The summed E-state index contributed by atoms with van der Waals surface area (Å²) in [6.07, 6.45) is 6.54. The van der Waals surface area contributed by atoms with E-state index in [0.29, 0.717) is 0 Å². The van der Waals surface area contributed by atoms with E-state index >= 15 is 0 Å². The number of aromatic nitrogens is 3. The largest absolute Gasteiger partial charge is 0.346 e. The number of hydrogen-bond donors (Lipinski definition) is 1. The first kappa shape index (κ1) is 14.9. The molecule has 0 saturated heterocycles. The fraction of sp³-hybridized carbons (Fsp3) is 0.118. The van der Waals surface area contributed by atoms with Gasteiger partial charge in [0.1, 0.15) is 0 Å². The van der Waals surface area contributed by atoms with Crippen molar-refractivity contribution < 1.29 is 9.18 Å². The van der Waals surface area contributed by atoms with E-state index in [1.54, 1.807) is 12.5 Å². The van der Waals surface area contributed by atoms with Gasteiger partial charge in [-0.25, -0.2) is 9.97 Å². The highest BCUT2D eigenvalue weighted by Gasteiger charge is 2.13. The summed E-state index contributed by atoms with van der Waals surface area (Å²) in [6, 6.07) is 10.1. The topological polar surface area (TPSA) is 59.8 Å². The fourth-order valence-corrected chi connectivity index (χ4v) is 2.27. The van der Waals surface area contributed by atoms with E-state index in [1.807, 2.05) is 42.0 Å². The third-order valence-electron chi connectivity index (χ3n) is 3.51. The summed E-state index contributed by atoms with van der Waals surface area (Å²) < 4.78 is 15.0. The van der Waals surface area contributed by atoms with E-state index in [1.165, 1.54) is 12.3 Å². The quantitative estimate of drug-likeness (QED) is 0.754. The summed E-state index contributed by atoms with van der Waals surface area (Å²) in [7, 11) is 0. The summed E-state index contributed by atoms with van der Waals surface area (Å²) in [5, 5.41) is 2.85. The van der Waals surface area contributed by atoms with Crippen molar-refractivity contribution in [1.82, 2.24) is 19.9 Å². The van der Waals surface area contributed by atoms with Crippen molar-refractivity contribution in [2.24, 2.45) is 0 Å². The van der Waals surface area contributed by atoms with E-state index in [4.69, 9.17) is 0 Å². The van der Waals surface area contributed by atoms with E-state index in [9.17, 15) is 9.18 Å². The highest BCUT2D eigenvalue weighted by atomic mass is 19.1. The van der Waals surface area contributed by atoms with Gasteiger partial charge in [-0.3, -0.25) is 4.79 Å². The molecule has 2 aromatic heterocycles. The zero-order valence-corrected chi connectivity index (χ0v) is 12.5. The molecular formula is C17H15FN4O. The Morgan fingerprint density at radius 3 is 2.87 bits per heavy atom. The van der Waals surface area contributed by atoms with Crippen LogP contribution in [0.4, 0.5) is 4.39 Å². The van der Waals surface area contributed by atoms with E-state index in [0.717, 1.165) is 17.3 Å². The van der Waals surface area contributed by atoms with E-state index in [-0.39, 0.29) is 17.5 Å². The number of pyridine rings is 1. The van der Waals surface area contributed by atoms with Gasteiger partial charge in [0.25, 0.3) is 5.91 Å². The number of nitrogens with zero attached hydrogens (tertiary/aromatic N) is 3. The third kappa shape index (κ3) is 3.42. The fourth-order valence-electron chi connectivity index (χ4n) is 2.27. The molecule has 0 saturated carbocycles. The normalized spacial score (nSPS) is 11.9. The van der Waals surface area contributed by atoms with Crippen molar-refractivity contribution >= 4 is 5.91 Å². The van der Waals surface area contributed by atoms with Crippen LogP contribution < -0.4 is 5.32 Å². The average molecular weight is 310 g/mol. The Kier molecular flexibility index (Phi) is 4.14. The van der Waals surface area contributed by atoms with E-state index in [2.05, 4.69) is 15.3 Å². The number of carbonyl (C=O) groups excluding carboxylic acids is 1. The number of carbonyl (C=O) groups is 1. The number of amides is 1. The lowest BCUT2D eigenvalue weighted by atomic mass is 10.1. The van der Waals surface area contributed by atoms with Crippen LogP contribution in [-0.4, -0.2) is 20.4 Å². The number of hydrogen-bond acceptors (Lipinski definition) is 3. The van der Waals surface area contributed by atoms with Crippen molar-refractivity contribution in [2.75, 3.05) is 0 Å². The Morgan fingerprint density at radius 1 is 1.26 bits per heavy atom. The van der Waals surface area contributed by atoms with Crippen LogP contribution in [0.15, 0.2) is 61.3 Å². The van der Waals surface area contributed by atoms with Crippen molar-refractivity contribution in [3.8, 4) is 5.69 Å². The molecule has 3 aromatic rings. The van der Waals surface area contributed by atoms with Gasteiger partial charge in [0.15, 0.2) is 0 Å². The van der Waals surface area contributed by atoms with Crippen LogP contribution >= 0.6 is 0 Å². The monoisotopic (exact) mass is 310 g/mol. The molecule has 1 aromatic carbocycles.